The van der Waals surface area contributed by atoms with Gasteiger partial charge in [-0.15, -0.1) is 10.2 Å². The maximum Gasteiger partial charge on any atom is 0.434 e. The van der Waals surface area contributed by atoms with E-state index in [1.54, 1.807) is 0 Å². The van der Waals surface area contributed by atoms with Crippen LogP contribution in [0.15, 0.2) is 22.9 Å². The van der Waals surface area contributed by atoms with Crippen LogP contribution in [0.25, 0.3) is 5.82 Å². The summed E-state index contributed by atoms with van der Waals surface area (Å²) < 4.78 is 51.5. The van der Waals surface area contributed by atoms with Crippen molar-refractivity contribution in [1.29, 1.82) is 0 Å². The molecule has 1 N–H and O–H groups in total. The Balaban J connectivity index is 1.69. The van der Waals surface area contributed by atoms with Crippen LogP contribution in [0, 0.1) is 0 Å². The zero-order valence-electron chi connectivity index (χ0n) is 17.0. The molecule has 0 aliphatic rings. The number of ether oxygens (including phenoxy) is 1. The first-order valence-corrected chi connectivity index (χ1v) is 9.34. The molecular weight excluding hydrogens is 419 g/mol. The Labute approximate surface area is 174 Å². The number of nitrogens with one attached hydrogen (secondary N) is 1. The predicted molar refractivity (Wildman–Crippen MR) is 99.7 cm³/mol. The van der Waals surface area contributed by atoms with Crippen molar-refractivity contribution in [2.24, 2.45) is 0 Å². The van der Waals surface area contributed by atoms with Gasteiger partial charge in [-0.2, -0.15) is 23.3 Å². The molecule has 0 aliphatic heterocycles. The minimum Gasteiger partial charge on any atom is -0.480 e. The summed E-state index contributed by atoms with van der Waals surface area (Å²) in [7, 11) is 1.35. The minimum atomic E-state index is -4.85. The van der Waals surface area contributed by atoms with Crippen LogP contribution in [0.2, 0.25) is 0 Å². The maximum atomic E-state index is 13.7. The van der Waals surface area contributed by atoms with Gasteiger partial charge in [-0.1, -0.05) is 19.0 Å². The fourth-order valence-corrected chi connectivity index (χ4v) is 2.64. The molecule has 0 atom stereocenters. The number of hydrogen-bond donors (Lipinski definition) is 1. The molecule has 0 radical (unpaired) electrons. The molecule has 31 heavy (non-hydrogen) atoms. The zero-order chi connectivity index (χ0) is 22.6. The molecular formula is C18H20F3N7O3. The first kappa shape index (κ1) is 22.2. The smallest absolute Gasteiger partial charge is 0.434 e. The maximum absolute atomic E-state index is 13.7. The first-order chi connectivity index (χ1) is 14.7. The van der Waals surface area contributed by atoms with Gasteiger partial charge in [-0.3, -0.25) is 4.79 Å². The third-order valence-corrected chi connectivity index (χ3v) is 4.19. The summed E-state index contributed by atoms with van der Waals surface area (Å²) in [5.74, 6) is 0.106. The standard InChI is InChI=1S/C18H20F3N7O3/c1-10(2)16-24-13(31-27-16)5-4-8-22-17(29)11-9-23-28(15(11)18(19,20)21)12-6-7-14(30-3)26-25-12/h6-7,9-10H,4-5,8H2,1-3H3,(H,22,29). The van der Waals surface area contributed by atoms with Gasteiger partial charge in [0.05, 0.1) is 18.9 Å². The van der Waals surface area contributed by atoms with E-state index in [1.165, 1.54) is 19.2 Å². The number of amides is 1. The fraction of sp³-hybridized carbons (Fsp3) is 0.444. The molecule has 0 saturated heterocycles. The lowest BCUT2D eigenvalue weighted by Crippen LogP contribution is -2.28. The van der Waals surface area contributed by atoms with Gasteiger partial charge in [0.15, 0.2) is 17.3 Å². The van der Waals surface area contributed by atoms with Gasteiger partial charge < -0.3 is 14.6 Å². The Hall–Kier alpha value is -3.51. The van der Waals surface area contributed by atoms with E-state index in [1.807, 2.05) is 13.8 Å². The van der Waals surface area contributed by atoms with Crippen molar-refractivity contribution in [3.63, 3.8) is 0 Å². The monoisotopic (exact) mass is 439 g/mol. The average molecular weight is 439 g/mol. The highest BCUT2D eigenvalue weighted by molar-refractivity contribution is 5.95. The van der Waals surface area contributed by atoms with Crippen molar-refractivity contribution in [2.45, 2.75) is 38.8 Å². The van der Waals surface area contributed by atoms with E-state index in [0.717, 1.165) is 6.20 Å². The molecule has 0 spiro atoms. The Morgan fingerprint density at radius 2 is 2.06 bits per heavy atom. The summed E-state index contributed by atoms with van der Waals surface area (Å²) in [5, 5.41) is 17.3. The average Bonchev–Trinajstić information content (AvgIpc) is 3.38. The van der Waals surface area contributed by atoms with Crippen LogP contribution < -0.4 is 10.1 Å². The Bertz CT molecular complexity index is 1030. The Kier molecular flexibility index (Phi) is 6.51. The quantitative estimate of drug-likeness (QED) is 0.532. The summed E-state index contributed by atoms with van der Waals surface area (Å²) in [6.07, 6.45) is -3.21. The number of halogens is 3. The summed E-state index contributed by atoms with van der Waals surface area (Å²) in [4.78, 5) is 16.6. The molecule has 0 bridgehead atoms. The van der Waals surface area contributed by atoms with Crippen LogP contribution in [0.4, 0.5) is 13.2 Å². The second-order valence-corrected chi connectivity index (χ2v) is 6.81. The summed E-state index contributed by atoms with van der Waals surface area (Å²) in [5.41, 5.74) is -1.87. The van der Waals surface area contributed by atoms with E-state index in [2.05, 4.69) is 30.8 Å². The topological polar surface area (TPSA) is 121 Å². The van der Waals surface area contributed by atoms with E-state index < -0.39 is 23.3 Å². The van der Waals surface area contributed by atoms with E-state index >= 15 is 0 Å². The summed E-state index contributed by atoms with van der Waals surface area (Å²) >= 11 is 0. The van der Waals surface area contributed by atoms with Gasteiger partial charge in [0.2, 0.25) is 11.8 Å². The number of aryl methyl sites for hydroxylation is 1. The van der Waals surface area contributed by atoms with Crippen molar-refractivity contribution >= 4 is 5.91 Å². The fourth-order valence-electron chi connectivity index (χ4n) is 2.64. The van der Waals surface area contributed by atoms with E-state index in [4.69, 9.17) is 9.26 Å². The molecule has 3 aromatic rings. The van der Waals surface area contributed by atoms with Crippen LogP contribution in [0.5, 0.6) is 5.88 Å². The van der Waals surface area contributed by atoms with Crippen molar-refractivity contribution in [2.75, 3.05) is 13.7 Å². The molecule has 0 fully saturated rings. The zero-order valence-corrected chi connectivity index (χ0v) is 17.0. The molecule has 166 valence electrons. The highest BCUT2D eigenvalue weighted by Crippen LogP contribution is 2.33. The molecule has 10 nitrogen and oxygen atoms in total. The normalized spacial score (nSPS) is 11.7. The van der Waals surface area contributed by atoms with Gasteiger partial charge in [-0.05, 0) is 12.5 Å². The van der Waals surface area contributed by atoms with Crippen molar-refractivity contribution in [3.05, 3.63) is 41.3 Å². The SMILES string of the molecule is COc1ccc(-n2ncc(C(=O)NCCCc3nc(C(C)C)no3)c2C(F)(F)F)nn1. The third kappa shape index (κ3) is 5.16. The number of carbonyl (C=O) groups excluding carboxylic acids is 1. The number of hydrogen-bond acceptors (Lipinski definition) is 8. The van der Waals surface area contributed by atoms with Crippen LogP contribution >= 0.6 is 0 Å². The number of alkyl halides is 3. The van der Waals surface area contributed by atoms with E-state index in [0.29, 0.717) is 29.2 Å². The molecule has 3 heterocycles. The molecule has 0 saturated carbocycles. The van der Waals surface area contributed by atoms with E-state index in [9.17, 15) is 18.0 Å². The molecule has 0 aliphatic carbocycles. The molecule has 0 unspecified atom stereocenters. The first-order valence-electron chi connectivity index (χ1n) is 9.34. The van der Waals surface area contributed by atoms with Gasteiger partial charge in [0.1, 0.15) is 0 Å². The van der Waals surface area contributed by atoms with E-state index in [-0.39, 0.29) is 24.2 Å². The van der Waals surface area contributed by atoms with Crippen LogP contribution in [0.1, 0.15) is 54.0 Å². The Morgan fingerprint density at radius 1 is 1.29 bits per heavy atom. The van der Waals surface area contributed by atoms with Crippen molar-refractivity contribution < 1.29 is 27.2 Å². The number of methoxy groups -OCH3 is 1. The van der Waals surface area contributed by atoms with Crippen molar-refractivity contribution in [3.8, 4) is 11.7 Å². The molecule has 1 amide bonds. The van der Waals surface area contributed by atoms with Gasteiger partial charge in [-0.25, -0.2) is 4.68 Å². The molecule has 13 heteroatoms. The van der Waals surface area contributed by atoms with Crippen LogP contribution in [-0.4, -0.2) is 49.7 Å². The lowest BCUT2D eigenvalue weighted by Gasteiger charge is -2.12. The summed E-state index contributed by atoms with van der Waals surface area (Å²) in [6, 6.07) is 2.59. The molecule has 0 aromatic carbocycles. The number of aromatic nitrogens is 6. The highest BCUT2D eigenvalue weighted by atomic mass is 19.4. The second kappa shape index (κ2) is 9.10. The lowest BCUT2D eigenvalue weighted by molar-refractivity contribution is -0.143. The Morgan fingerprint density at radius 3 is 2.65 bits per heavy atom. The van der Waals surface area contributed by atoms with Crippen LogP contribution in [-0.2, 0) is 12.6 Å². The molecule has 3 rings (SSSR count). The number of carbonyl (C=O) groups is 1. The lowest BCUT2D eigenvalue weighted by atomic mass is 10.2. The van der Waals surface area contributed by atoms with Crippen LogP contribution in [0.3, 0.4) is 0 Å². The summed E-state index contributed by atoms with van der Waals surface area (Å²) in [6.45, 7) is 3.96. The van der Waals surface area contributed by atoms with Gasteiger partial charge in [0, 0.05) is 24.9 Å². The third-order valence-electron chi connectivity index (χ3n) is 4.19. The largest absolute Gasteiger partial charge is 0.480 e. The molecule has 3 aromatic heterocycles. The second-order valence-electron chi connectivity index (χ2n) is 6.81. The van der Waals surface area contributed by atoms with Gasteiger partial charge in [0.25, 0.3) is 5.91 Å². The predicted octanol–water partition coefficient (Wildman–Crippen LogP) is 2.56. The van der Waals surface area contributed by atoms with Crippen molar-refractivity contribution in [1.82, 2.24) is 35.4 Å². The number of nitrogens with zero attached hydrogens (tertiary/aromatic N) is 6. The van der Waals surface area contributed by atoms with Gasteiger partial charge >= 0.3 is 6.18 Å². The minimum absolute atomic E-state index is 0.114. The highest BCUT2D eigenvalue weighted by Gasteiger charge is 2.41. The number of rotatable bonds is 8.